The molecule has 2 fully saturated rings. The van der Waals surface area contributed by atoms with E-state index in [4.69, 9.17) is 9.47 Å². The fourth-order valence-electron chi connectivity index (χ4n) is 2.87. The number of amides is 2. The highest BCUT2D eigenvalue weighted by Crippen LogP contribution is 2.18. The molecule has 0 aromatic heterocycles. The number of methoxy groups -OCH3 is 1. The quantitative estimate of drug-likeness (QED) is 0.601. The summed E-state index contributed by atoms with van der Waals surface area (Å²) in [5.74, 6) is -0.139. The number of nitrogens with one attached hydrogen (secondary N) is 1. The van der Waals surface area contributed by atoms with Crippen LogP contribution in [-0.4, -0.2) is 87.8 Å². The molecule has 0 saturated carbocycles. The average molecular weight is 313 g/mol. The van der Waals surface area contributed by atoms with Crippen LogP contribution in [0.2, 0.25) is 0 Å². The predicted octanol–water partition coefficient (Wildman–Crippen LogP) is -0.680. The van der Waals surface area contributed by atoms with Gasteiger partial charge in [0.25, 0.3) is 0 Å². The van der Waals surface area contributed by atoms with Crippen molar-refractivity contribution >= 4 is 11.8 Å². The van der Waals surface area contributed by atoms with E-state index in [2.05, 4.69) is 10.2 Å². The van der Waals surface area contributed by atoms with Crippen molar-refractivity contribution in [3.8, 4) is 0 Å². The Labute approximate surface area is 131 Å². The summed E-state index contributed by atoms with van der Waals surface area (Å²) in [6.07, 6.45) is 1.14. The smallest absolute Gasteiger partial charge is 0.225 e. The first kappa shape index (κ1) is 17.2. The molecule has 0 spiro atoms. The van der Waals surface area contributed by atoms with Crippen LogP contribution >= 0.6 is 0 Å². The number of hydrogen-bond acceptors (Lipinski definition) is 5. The molecule has 2 rings (SSSR count). The summed E-state index contributed by atoms with van der Waals surface area (Å²) < 4.78 is 10.3. The summed E-state index contributed by atoms with van der Waals surface area (Å²) in [7, 11) is 1.65. The number of morpholine rings is 1. The number of carbonyl (C=O) groups is 2. The third-order valence-corrected chi connectivity index (χ3v) is 4.19. The van der Waals surface area contributed by atoms with Gasteiger partial charge in [0, 0.05) is 59.4 Å². The van der Waals surface area contributed by atoms with Crippen LogP contribution in [0.4, 0.5) is 0 Å². The Balaban J connectivity index is 1.63. The maximum Gasteiger partial charge on any atom is 0.225 e. The fraction of sp³-hybridized carbons (Fsp3) is 0.867. The van der Waals surface area contributed by atoms with E-state index in [0.717, 1.165) is 39.3 Å². The zero-order valence-corrected chi connectivity index (χ0v) is 13.4. The minimum atomic E-state index is -0.209. The van der Waals surface area contributed by atoms with E-state index in [0.29, 0.717) is 32.7 Å². The van der Waals surface area contributed by atoms with Crippen LogP contribution in [0.3, 0.4) is 0 Å². The van der Waals surface area contributed by atoms with Crippen LogP contribution in [0, 0.1) is 5.92 Å². The summed E-state index contributed by atoms with van der Waals surface area (Å²) in [6, 6.07) is 0. The number of carbonyl (C=O) groups excluding carboxylic acids is 2. The number of nitrogens with zero attached hydrogens (tertiary/aromatic N) is 2. The lowest BCUT2D eigenvalue weighted by Gasteiger charge is -2.26. The van der Waals surface area contributed by atoms with Gasteiger partial charge >= 0.3 is 0 Å². The Morgan fingerprint density at radius 3 is 2.86 bits per heavy atom. The maximum absolute atomic E-state index is 12.2. The minimum absolute atomic E-state index is 0.00384. The Bertz CT molecular complexity index is 372. The molecule has 2 aliphatic rings. The van der Waals surface area contributed by atoms with Gasteiger partial charge in [0.1, 0.15) is 0 Å². The topological polar surface area (TPSA) is 71.1 Å². The molecular formula is C15H27N3O4. The van der Waals surface area contributed by atoms with E-state index >= 15 is 0 Å². The van der Waals surface area contributed by atoms with Gasteiger partial charge in [-0.2, -0.15) is 0 Å². The van der Waals surface area contributed by atoms with E-state index in [1.54, 1.807) is 12.0 Å². The van der Waals surface area contributed by atoms with Crippen molar-refractivity contribution in [2.45, 2.75) is 12.8 Å². The van der Waals surface area contributed by atoms with Crippen molar-refractivity contribution in [1.82, 2.24) is 15.1 Å². The fourth-order valence-corrected chi connectivity index (χ4v) is 2.87. The molecule has 2 saturated heterocycles. The summed E-state index contributed by atoms with van der Waals surface area (Å²) in [5.41, 5.74) is 0. The van der Waals surface area contributed by atoms with E-state index in [1.807, 2.05) is 0 Å². The number of hydrogen-bond donors (Lipinski definition) is 1. The second kappa shape index (κ2) is 9.07. The molecule has 0 aromatic carbocycles. The normalized spacial score (nSPS) is 23.0. The van der Waals surface area contributed by atoms with Crippen molar-refractivity contribution in [1.29, 1.82) is 0 Å². The van der Waals surface area contributed by atoms with Crippen LogP contribution in [0.5, 0.6) is 0 Å². The first-order chi connectivity index (χ1) is 10.7. The van der Waals surface area contributed by atoms with Gasteiger partial charge in [0.2, 0.25) is 11.8 Å². The summed E-state index contributed by atoms with van der Waals surface area (Å²) in [5, 5.41) is 2.96. The highest BCUT2D eigenvalue weighted by molar-refractivity contribution is 5.89. The molecule has 1 unspecified atom stereocenters. The third kappa shape index (κ3) is 5.23. The average Bonchev–Trinajstić information content (AvgIpc) is 2.90. The van der Waals surface area contributed by atoms with Gasteiger partial charge in [0.15, 0.2) is 0 Å². The highest BCUT2D eigenvalue weighted by Gasteiger charge is 2.33. The Kier molecular flexibility index (Phi) is 7.08. The monoisotopic (exact) mass is 313 g/mol. The molecule has 1 N–H and O–H groups in total. The molecule has 0 aromatic rings. The molecule has 7 nitrogen and oxygen atoms in total. The van der Waals surface area contributed by atoms with Crippen molar-refractivity contribution in [2.75, 3.05) is 66.2 Å². The molecule has 0 aliphatic carbocycles. The predicted molar refractivity (Wildman–Crippen MR) is 81.4 cm³/mol. The lowest BCUT2D eigenvalue weighted by atomic mass is 10.1. The minimum Gasteiger partial charge on any atom is -0.385 e. The second-order valence-corrected chi connectivity index (χ2v) is 5.83. The maximum atomic E-state index is 12.2. The summed E-state index contributed by atoms with van der Waals surface area (Å²) in [6.45, 7) is 6.69. The first-order valence-corrected chi connectivity index (χ1v) is 8.05. The van der Waals surface area contributed by atoms with Gasteiger partial charge in [-0.1, -0.05) is 0 Å². The van der Waals surface area contributed by atoms with Gasteiger partial charge < -0.3 is 19.7 Å². The van der Waals surface area contributed by atoms with Crippen molar-refractivity contribution in [3.63, 3.8) is 0 Å². The molecule has 1 atom stereocenters. The molecule has 2 aliphatic heterocycles. The zero-order chi connectivity index (χ0) is 15.8. The Morgan fingerprint density at radius 1 is 1.36 bits per heavy atom. The van der Waals surface area contributed by atoms with Crippen LogP contribution in [0.1, 0.15) is 12.8 Å². The highest BCUT2D eigenvalue weighted by atomic mass is 16.5. The molecule has 7 heteroatoms. The number of likely N-dealkylation sites (tertiary alicyclic amines) is 1. The molecule has 0 bridgehead atoms. The SMILES string of the molecule is COCCCN1CC(C(=O)NCCN2CCOCC2)CC1=O. The van der Waals surface area contributed by atoms with E-state index in [1.165, 1.54) is 0 Å². The van der Waals surface area contributed by atoms with Gasteiger partial charge in [-0.3, -0.25) is 14.5 Å². The molecule has 126 valence electrons. The molecule has 2 amide bonds. The molecular weight excluding hydrogens is 286 g/mol. The largest absolute Gasteiger partial charge is 0.385 e. The first-order valence-electron chi connectivity index (χ1n) is 8.05. The lowest BCUT2D eigenvalue weighted by molar-refractivity contribution is -0.129. The van der Waals surface area contributed by atoms with Gasteiger partial charge in [0.05, 0.1) is 19.1 Å². The standard InChI is InChI=1S/C15H27N3O4/c1-21-8-2-4-18-12-13(11-14(18)19)15(20)16-3-5-17-6-9-22-10-7-17/h13H,2-12H2,1H3,(H,16,20). The molecule has 0 radical (unpaired) electrons. The van der Waals surface area contributed by atoms with Crippen molar-refractivity contribution in [3.05, 3.63) is 0 Å². The van der Waals surface area contributed by atoms with Crippen LogP contribution in [0.15, 0.2) is 0 Å². The zero-order valence-electron chi connectivity index (χ0n) is 13.4. The number of ether oxygens (including phenoxy) is 2. The van der Waals surface area contributed by atoms with Crippen LogP contribution < -0.4 is 5.32 Å². The summed E-state index contributed by atoms with van der Waals surface area (Å²) >= 11 is 0. The van der Waals surface area contributed by atoms with E-state index < -0.39 is 0 Å². The Morgan fingerprint density at radius 2 is 2.14 bits per heavy atom. The van der Waals surface area contributed by atoms with Gasteiger partial charge in [-0.25, -0.2) is 0 Å². The van der Waals surface area contributed by atoms with Crippen LogP contribution in [-0.2, 0) is 19.1 Å². The van der Waals surface area contributed by atoms with E-state index in [9.17, 15) is 9.59 Å². The van der Waals surface area contributed by atoms with E-state index in [-0.39, 0.29) is 17.7 Å². The molecule has 22 heavy (non-hydrogen) atoms. The molecule has 2 heterocycles. The van der Waals surface area contributed by atoms with Crippen LogP contribution in [0.25, 0.3) is 0 Å². The summed E-state index contributed by atoms with van der Waals surface area (Å²) in [4.78, 5) is 28.1. The Hall–Kier alpha value is -1.18. The third-order valence-electron chi connectivity index (χ3n) is 4.19. The van der Waals surface area contributed by atoms with Crippen molar-refractivity contribution in [2.24, 2.45) is 5.92 Å². The second-order valence-electron chi connectivity index (χ2n) is 5.83. The lowest BCUT2D eigenvalue weighted by Crippen LogP contribution is -2.42. The van der Waals surface area contributed by atoms with Gasteiger partial charge in [-0.05, 0) is 6.42 Å². The number of rotatable bonds is 8. The van der Waals surface area contributed by atoms with Gasteiger partial charge in [-0.15, -0.1) is 0 Å². The van der Waals surface area contributed by atoms with Crippen molar-refractivity contribution < 1.29 is 19.1 Å².